The van der Waals surface area contributed by atoms with Gasteiger partial charge in [0.25, 0.3) is 0 Å². The molecule has 0 saturated heterocycles. The summed E-state index contributed by atoms with van der Waals surface area (Å²) in [6.07, 6.45) is 6.43. The zero-order chi connectivity index (χ0) is 15.7. The average Bonchev–Trinajstić information content (AvgIpc) is 2.90. The summed E-state index contributed by atoms with van der Waals surface area (Å²) in [5.74, 6) is 0. The van der Waals surface area contributed by atoms with Crippen LogP contribution >= 0.6 is 23.4 Å². The molecule has 21 heavy (non-hydrogen) atoms. The summed E-state index contributed by atoms with van der Waals surface area (Å²) in [6, 6.07) is 3.02. The molecule has 1 aromatic rings. The highest BCUT2D eigenvalue weighted by Gasteiger charge is 2.34. The van der Waals surface area contributed by atoms with Gasteiger partial charge in [0.15, 0.2) is 0 Å². The number of anilines is 1. The zero-order valence-electron chi connectivity index (χ0n) is 12.3. The Morgan fingerprint density at radius 1 is 1.38 bits per heavy atom. The standard InChI is InChI=1S/C14H21ClN2O2S2/c1-10-7-11(15)13(8-12(10)16)21(18,19)17-9-14(20-2)5-3-4-6-14/h7-8,17H,3-6,9,16H2,1-2H3. The maximum Gasteiger partial charge on any atom is 0.242 e. The Labute approximate surface area is 135 Å². The van der Waals surface area contributed by atoms with E-state index in [0.717, 1.165) is 31.2 Å². The lowest BCUT2D eigenvalue weighted by Crippen LogP contribution is -2.38. The van der Waals surface area contributed by atoms with Gasteiger partial charge in [0, 0.05) is 17.0 Å². The van der Waals surface area contributed by atoms with Crippen LogP contribution in [0.5, 0.6) is 0 Å². The van der Waals surface area contributed by atoms with Gasteiger partial charge in [-0.05, 0) is 43.7 Å². The fraction of sp³-hybridized carbons (Fsp3) is 0.571. The number of hydrogen-bond acceptors (Lipinski definition) is 4. The van der Waals surface area contributed by atoms with Gasteiger partial charge in [0.2, 0.25) is 10.0 Å². The van der Waals surface area contributed by atoms with Crippen LogP contribution in [-0.4, -0.2) is 26.0 Å². The van der Waals surface area contributed by atoms with Gasteiger partial charge in [-0.25, -0.2) is 13.1 Å². The Morgan fingerprint density at radius 3 is 2.57 bits per heavy atom. The van der Waals surface area contributed by atoms with Gasteiger partial charge in [0.05, 0.1) is 5.02 Å². The highest BCUT2D eigenvalue weighted by Crippen LogP contribution is 2.40. The summed E-state index contributed by atoms with van der Waals surface area (Å²) < 4.78 is 27.7. The van der Waals surface area contributed by atoms with Crippen LogP contribution in [0.2, 0.25) is 5.02 Å². The molecule has 3 N–H and O–H groups in total. The van der Waals surface area contributed by atoms with Crippen LogP contribution < -0.4 is 10.5 Å². The van der Waals surface area contributed by atoms with Gasteiger partial charge < -0.3 is 5.73 Å². The van der Waals surface area contributed by atoms with Crippen LogP contribution in [0.3, 0.4) is 0 Å². The van der Waals surface area contributed by atoms with E-state index in [1.54, 1.807) is 24.8 Å². The molecule has 1 aliphatic rings. The Hall–Kier alpha value is -0.430. The number of nitrogens with two attached hydrogens (primary N) is 1. The summed E-state index contributed by atoms with van der Waals surface area (Å²) >= 11 is 7.81. The number of rotatable bonds is 5. The maximum absolute atomic E-state index is 12.5. The van der Waals surface area contributed by atoms with Gasteiger partial charge in [-0.15, -0.1) is 0 Å². The summed E-state index contributed by atoms with van der Waals surface area (Å²) in [7, 11) is -3.64. The lowest BCUT2D eigenvalue weighted by molar-refractivity contribution is 0.551. The molecular weight excluding hydrogens is 328 g/mol. The van der Waals surface area contributed by atoms with Crippen molar-refractivity contribution in [2.45, 2.75) is 42.2 Å². The predicted molar refractivity (Wildman–Crippen MR) is 90.5 cm³/mol. The zero-order valence-corrected chi connectivity index (χ0v) is 14.7. The molecule has 1 saturated carbocycles. The Bertz CT molecular complexity index is 626. The predicted octanol–water partition coefficient (Wildman–Crippen LogP) is 3.18. The van der Waals surface area contributed by atoms with Crippen LogP contribution in [0, 0.1) is 6.92 Å². The molecule has 0 unspecified atom stereocenters. The molecule has 0 radical (unpaired) electrons. The minimum absolute atomic E-state index is 0.00971. The minimum atomic E-state index is -3.64. The van der Waals surface area contributed by atoms with Crippen molar-refractivity contribution in [1.82, 2.24) is 4.72 Å². The van der Waals surface area contributed by atoms with E-state index in [1.807, 2.05) is 6.26 Å². The van der Waals surface area contributed by atoms with E-state index < -0.39 is 10.0 Å². The van der Waals surface area contributed by atoms with E-state index in [1.165, 1.54) is 6.07 Å². The van der Waals surface area contributed by atoms with E-state index in [0.29, 0.717) is 12.2 Å². The van der Waals surface area contributed by atoms with Crippen LogP contribution in [0.15, 0.2) is 17.0 Å². The average molecular weight is 349 g/mol. The third kappa shape index (κ3) is 3.67. The van der Waals surface area contributed by atoms with Crippen molar-refractivity contribution in [2.24, 2.45) is 0 Å². The molecule has 0 aromatic heterocycles. The summed E-state index contributed by atoms with van der Waals surface area (Å²) in [5.41, 5.74) is 7.01. The van der Waals surface area contributed by atoms with Crippen molar-refractivity contribution in [3.05, 3.63) is 22.7 Å². The third-order valence-corrected chi connectivity index (χ3v) is 7.43. The molecule has 0 heterocycles. The number of benzene rings is 1. The highest BCUT2D eigenvalue weighted by molar-refractivity contribution is 8.00. The number of sulfonamides is 1. The van der Waals surface area contributed by atoms with Crippen LogP contribution in [-0.2, 0) is 10.0 Å². The second kappa shape index (κ2) is 6.36. The monoisotopic (exact) mass is 348 g/mol. The number of nitrogen functional groups attached to an aromatic ring is 1. The van der Waals surface area contributed by atoms with Crippen molar-refractivity contribution >= 4 is 39.1 Å². The molecule has 0 amide bonds. The van der Waals surface area contributed by atoms with Crippen molar-refractivity contribution in [3.63, 3.8) is 0 Å². The Morgan fingerprint density at radius 2 is 2.00 bits per heavy atom. The molecule has 2 rings (SSSR count). The number of halogens is 1. The van der Waals surface area contributed by atoms with Crippen molar-refractivity contribution < 1.29 is 8.42 Å². The number of nitrogens with one attached hydrogen (secondary N) is 1. The fourth-order valence-corrected chi connectivity index (χ4v) is 5.40. The van der Waals surface area contributed by atoms with Gasteiger partial charge >= 0.3 is 0 Å². The SMILES string of the molecule is CSC1(CNS(=O)(=O)c2cc(N)c(C)cc2Cl)CCCC1. The largest absolute Gasteiger partial charge is 0.398 e. The topological polar surface area (TPSA) is 72.2 Å². The van der Waals surface area contributed by atoms with Gasteiger partial charge in [0.1, 0.15) is 4.90 Å². The second-order valence-electron chi connectivity index (χ2n) is 5.56. The summed E-state index contributed by atoms with van der Waals surface area (Å²) in [4.78, 5) is 0.0570. The normalized spacial score (nSPS) is 18.0. The van der Waals surface area contributed by atoms with E-state index in [2.05, 4.69) is 4.72 Å². The smallest absolute Gasteiger partial charge is 0.242 e. The summed E-state index contributed by atoms with van der Waals surface area (Å²) in [6.45, 7) is 2.23. The first-order chi connectivity index (χ1) is 9.80. The first-order valence-corrected chi connectivity index (χ1v) is 9.99. The molecule has 1 aromatic carbocycles. The van der Waals surface area contributed by atoms with E-state index in [-0.39, 0.29) is 14.7 Å². The first-order valence-electron chi connectivity index (χ1n) is 6.90. The lowest BCUT2D eigenvalue weighted by Gasteiger charge is -2.27. The molecule has 0 bridgehead atoms. The molecule has 7 heteroatoms. The molecular formula is C14H21ClN2O2S2. The number of thioether (sulfide) groups is 1. The highest BCUT2D eigenvalue weighted by atomic mass is 35.5. The van der Waals surface area contributed by atoms with Crippen LogP contribution in [0.1, 0.15) is 31.2 Å². The maximum atomic E-state index is 12.5. The van der Waals surface area contributed by atoms with E-state index in [9.17, 15) is 8.42 Å². The number of hydrogen-bond donors (Lipinski definition) is 2. The number of aryl methyl sites for hydroxylation is 1. The molecule has 4 nitrogen and oxygen atoms in total. The van der Waals surface area contributed by atoms with Gasteiger partial charge in [-0.1, -0.05) is 24.4 Å². The first kappa shape index (κ1) is 16.9. The van der Waals surface area contributed by atoms with Gasteiger partial charge in [-0.2, -0.15) is 11.8 Å². The third-order valence-electron chi connectivity index (χ3n) is 4.14. The minimum Gasteiger partial charge on any atom is -0.398 e. The lowest BCUT2D eigenvalue weighted by atomic mass is 10.1. The molecule has 0 spiro atoms. The van der Waals surface area contributed by atoms with Crippen molar-refractivity contribution in [3.8, 4) is 0 Å². The Balaban J connectivity index is 2.21. The van der Waals surface area contributed by atoms with Crippen molar-refractivity contribution in [1.29, 1.82) is 0 Å². The van der Waals surface area contributed by atoms with E-state index >= 15 is 0 Å². The van der Waals surface area contributed by atoms with Crippen molar-refractivity contribution in [2.75, 3.05) is 18.5 Å². The van der Waals surface area contributed by atoms with Crippen LogP contribution in [0.4, 0.5) is 5.69 Å². The fourth-order valence-electron chi connectivity index (χ4n) is 2.65. The second-order valence-corrected chi connectivity index (χ2v) is 8.97. The van der Waals surface area contributed by atoms with Crippen LogP contribution in [0.25, 0.3) is 0 Å². The molecule has 1 aliphatic carbocycles. The molecule has 118 valence electrons. The molecule has 1 fully saturated rings. The Kier molecular flexibility index (Phi) is 5.13. The molecule has 0 aliphatic heterocycles. The molecule has 0 atom stereocenters. The quantitative estimate of drug-likeness (QED) is 0.801. The van der Waals surface area contributed by atoms with Gasteiger partial charge in [-0.3, -0.25) is 0 Å². The van der Waals surface area contributed by atoms with E-state index in [4.69, 9.17) is 17.3 Å². The summed E-state index contributed by atoms with van der Waals surface area (Å²) in [5, 5.41) is 0.207.